The Morgan fingerprint density at radius 1 is 1.32 bits per heavy atom. The average molecular weight is 349 g/mol. The molecule has 1 aromatic rings. The molecule has 0 fully saturated rings. The van der Waals surface area contributed by atoms with Crippen molar-refractivity contribution in [2.75, 3.05) is 5.75 Å². The van der Waals surface area contributed by atoms with Gasteiger partial charge in [-0.05, 0) is 53.7 Å². The summed E-state index contributed by atoms with van der Waals surface area (Å²) in [5.41, 5.74) is -0.721. The quantitative estimate of drug-likeness (QED) is 0.455. The van der Waals surface area contributed by atoms with Gasteiger partial charge in [-0.2, -0.15) is 13.2 Å². The molecule has 0 amide bonds. The summed E-state index contributed by atoms with van der Waals surface area (Å²) in [5, 5.41) is 0. The lowest BCUT2D eigenvalue weighted by Crippen LogP contribution is -2.03. The van der Waals surface area contributed by atoms with E-state index in [9.17, 15) is 13.2 Å². The number of hydrogen-bond donors (Lipinski definition) is 0. The van der Waals surface area contributed by atoms with E-state index < -0.39 is 16.6 Å². The van der Waals surface area contributed by atoms with E-state index in [1.165, 1.54) is 23.5 Å². The number of alkyl halides is 3. The summed E-state index contributed by atoms with van der Waals surface area (Å²) < 4.78 is 42.5. The fourth-order valence-electron chi connectivity index (χ4n) is 1.17. The van der Waals surface area contributed by atoms with Crippen LogP contribution in [0.5, 0.6) is 5.75 Å². The smallest absolute Gasteiger partial charge is 0.416 e. The van der Waals surface area contributed by atoms with Crippen molar-refractivity contribution < 1.29 is 17.7 Å². The zero-order valence-corrected chi connectivity index (χ0v) is 13.4. The molecular formula is C11H13ClF3OPS2. The average Bonchev–Trinajstić information content (AvgIpc) is 2.28. The molecule has 0 aromatic heterocycles. The molecule has 0 saturated carbocycles. The van der Waals surface area contributed by atoms with Gasteiger partial charge in [0.15, 0.2) is 0 Å². The number of benzene rings is 1. The Kier molecular flexibility index (Phi) is 6.51. The maximum Gasteiger partial charge on any atom is 0.416 e. The molecule has 0 bridgehead atoms. The van der Waals surface area contributed by atoms with E-state index in [-0.39, 0.29) is 5.75 Å². The highest BCUT2D eigenvalue weighted by Gasteiger charge is 2.30. The summed E-state index contributed by atoms with van der Waals surface area (Å²) in [6.45, 7) is 2.05. The highest BCUT2D eigenvalue weighted by atomic mass is 35.7. The number of unbranched alkanes of at least 4 members (excludes halogenated alkanes) is 1. The van der Waals surface area contributed by atoms with Gasteiger partial charge in [0.2, 0.25) is 0 Å². The second kappa shape index (κ2) is 7.21. The summed E-state index contributed by atoms with van der Waals surface area (Å²) in [5.74, 6) is 1.06. The van der Waals surface area contributed by atoms with Gasteiger partial charge in [0.05, 0.1) is 5.56 Å². The van der Waals surface area contributed by atoms with Crippen LogP contribution in [0.2, 0.25) is 0 Å². The molecule has 0 N–H and O–H groups in total. The second-order valence-electron chi connectivity index (χ2n) is 3.73. The van der Waals surface area contributed by atoms with Gasteiger partial charge >= 0.3 is 6.18 Å². The van der Waals surface area contributed by atoms with Crippen molar-refractivity contribution in [2.45, 2.75) is 25.9 Å². The Labute approximate surface area is 124 Å². The van der Waals surface area contributed by atoms with Gasteiger partial charge in [0.25, 0.3) is 4.82 Å². The van der Waals surface area contributed by atoms with E-state index in [4.69, 9.17) is 27.6 Å². The van der Waals surface area contributed by atoms with Crippen LogP contribution in [-0.2, 0) is 18.0 Å². The third-order valence-corrected chi connectivity index (χ3v) is 7.30. The normalized spacial score (nSPS) is 15.0. The molecular weight excluding hydrogens is 336 g/mol. The Hall–Kier alpha value is 0.100. The van der Waals surface area contributed by atoms with Crippen LogP contribution in [0.4, 0.5) is 13.2 Å². The molecule has 0 aliphatic heterocycles. The van der Waals surface area contributed by atoms with Crippen LogP contribution in [0, 0.1) is 0 Å². The highest BCUT2D eigenvalue weighted by Crippen LogP contribution is 2.64. The van der Waals surface area contributed by atoms with Gasteiger partial charge < -0.3 is 4.52 Å². The van der Waals surface area contributed by atoms with Crippen LogP contribution < -0.4 is 4.52 Å². The first-order valence-corrected chi connectivity index (χ1v) is 10.8. The lowest BCUT2D eigenvalue weighted by atomic mass is 10.2. The van der Waals surface area contributed by atoms with Gasteiger partial charge in [0, 0.05) is 5.75 Å². The third kappa shape index (κ3) is 6.39. The van der Waals surface area contributed by atoms with Gasteiger partial charge in [-0.15, -0.1) is 0 Å². The Bertz CT molecular complexity index is 450. The molecule has 19 heavy (non-hydrogen) atoms. The fourth-order valence-corrected chi connectivity index (χ4v) is 5.48. The maximum atomic E-state index is 12.4. The van der Waals surface area contributed by atoms with Crippen molar-refractivity contribution in [1.82, 2.24) is 0 Å². The predicted octanol–water partition coefficient (Wildman–Crippen LogP) is 6.08. The molecule has 1 rings (SSSR count). The van der Waals surface area contributed by atoms with Crippen LogP contribution in [0.3, 0.4) is 0 Å². The van der Waals surface area contributed by atoms with Crippen molar-refractivity contribution in [3.05, 3.63) is 29.8 Å². The van der Waals surface area contributed by atoms with Crippen molar-refractivity contribution in [2.24, 2.45) is 0 Å². The summed E-state index contributed by atoms with van der Waals surface area (Å²) in [6, 6.07) is 4.40. The van der Waals surface area contributed by atoms with E-state index in [0.717, 1.165) is 30.7 Å². The summed E-state index contributed by atoms with van der Waals surface area (Å²) in [4.78, 5) is -2.56. The highest BCUT2D eigenvalue weighted by molar-refractivity contribution is 8.76. The molecule has 1 aromatic carbocycles. The Morgan fingerprint density at radius 2 is 1.89 bits per heavy atom. The van der Waals surface area contributed by atoms with Gasteiger partial charge in [-0.25, -0.2) is 0 Å². The third-order valence-electron chi connectivity index (χ3n) is 2.14. The van der Waals surface area contributed by atoms with Crippen molar-refractivity contribution in [1.29, 1.82) is 0 Å². The summed E-state index contributed by atoms with van der Waals surface area (Å²) in [6.07, 6.45) is -2.35. The van der Waals surface area contributed by atoms with Gasteiger partial charge in [0.1, 0.15) is 5.75 Å². The van der Waals surface area contributed by atoms with Crippen molar-refractivity contribution in [3.8, 4) is 5.75 Å². The standard InChI is InChI=1S/C11H13ClF3OPS2/c1-2-3-8-19-17(12,18)16-10-6-4-9(5-7-10)11(13,14)15/h4-7H,2-3,8H2,1H3. The van der Waals surface area contributed by atoms with Gasteiger partial charge in [-0.1, -0.05) is 24.7 Å². The fraction of sp³-hybridized carbons (Fsp3) is 0.455. The van der Waals surface area contributed by atoms with E-state index in [1.54, 1.807) is 0 Å². The molecule has 0 radical (unpaired) electrons. The lowest BCUT2D eigenvalue weighted by molar-refractivity contribution is -0.137. The van der Waals surface area contributed by atoms with E-state index in [2.05, 4.69) is 6.92 Å². The van der Waals surface area contributed by atoms with Crippen LogP contribution in [0.25, 0.3) is 0 Å². The van der Waals surface area contributed by atoms with Crippen LogP contribution in [0.15, 0.2) is 24.3 Å². The van der Waals surface area contributed by atoms with Crippen molar-refractivity contribution in [3.63, 3.8) is 0 Å². The molecule has 0 aliphatic carbocycles. The first-order chi connectivity index (χ1) is 8.74. The zero-order valence-electron chi connectivity index (χ0n) is 10.1. The molecule has 0 aliphatic rings. The first kappa shape index (κ1) is 17.2. The minimum atomic E-state index is -4.35. The lowest BCUT2D eigenvalue weighted by Gasteiger charge is -2.16. The molecule has 0 saturated heterocycles. The van der Waals surface area contributed by atoms with E-state index in [0.29, 0.717) is 0 Å². The first-order valence-electron chi connectivity index (χ1n) is 5.55. The molecule has 0 heterocycles. The Balaban J connectivity index is 2.64. The minimum absolute atomic E-state index is 0.273. The maximum absolute atomic E-state index is 12.4. The molecule has 0 spiro atoms. The van der Waals surface area contributed by atoms with Crippen molar-refractivity contribution >= 4 is 39.2 Å². The molecule has 108 valence electrons. The molecule has 1 atom stereocenters. The SMILES string of the molecule is CCCCSP(=S)(Cl)Oc1ccc(C(F)(F)F)cc1. The summed E-state index contributed by atoms with van der Waals surface area (Å²) in [7, 11) is 0. The van der Waals surface area contributed by atoms with E-state index >= 15 is 0 Å². The minimum Gasteiger partial charge on any atom is -0.444 e. The Morgan fingerprint density at radius 3 is 2.37 bits per heavy atom. The predicted molar refractivity (Wildman–Crippen MR) is 79.6 cm³/mol. The number of hydrogen-bond acceptors (Lipinski definition) is 3. The largest absolute Gasteiger partial charge is 0.444 e. The molecule has 8 heteroatoms. The number of halogens is 4. The number of rotatable bonds is 6. The zero-order chi connectivity index (χ0) is 14.5. The summed E-state index contributed by atoms with van der Waals surface area (Å²) >= 11 is 12.6. The molecule has 1 unspecified atom stereocenters. The van der Waals surface area contributed by atoms with E-state index in [1.807, 2.05) is 0 Å². The van der Waals surface area contributed by atoms with Crippen LogP contribution in [0.1, 0.15) is 25.3 Å². The van der Waals surface area contributed by atoms with Crippen LogP contribution in [-0.4, -0.2) is 5.75 Å². The molecule has 1 nitrogen and oxygen atoms in total. The topological polar surface area (TPSA) is 9.23 Å². The monoisotopic (exact) mass is 348 g/mol. The second-order valence-corrected chi connectivity index (χ2v) is 12.6. The van der Waals surface area contributed by atoms with Crippen LogP contribution >= 0.6 is 27.4 Å². The van der Waals surface area contributed by atoms with Gasteiger partial charge in [-0.3, -0.25) is 0 Å².